The van der Waals surface area contributed by atoms with Gasteiger partial charge in [0, 0.05) is 6.20 Å². The predicted octanol–water partition coefficient (Wildman–Crippen LogP) is 4.90. The zero-order chi connectivity index (χ0) is 17.2. The van der Waals surface area contributed by atoms with E-state index < -0.39 is 23.8 Å². The topological polar surface area (TPSA) is 42.0 Å². The number of rotatable bonds is 3. The molecule has 1 aromatic carbocycles. The van der Waals surface area contributed by atoms with Crippen LogP contribution >= 0.6 is 23.2 Å². The molecule has 1 aromatic heterocycles. The summed E-state index contributed by atoms with van der Waals surface area (Å²) in [7, 11) is 0. The van der Waals surface area contributed by atoms with Crippen molar-refractivity contribution in [3.8, 4) is 0 Å². The fourth-order valence-corrected chi connectivity index (χ4v) is 2.15. The van der Waals surface area contributed by atoms with E-state index in [4.69, 9.17) is 23.2 Å². The number of nitrogens with zero attached hydrogens (tertiary/aromatic N) is 1. The van der Waals surface area contributed by atoms with Gasteiger partial charge in [-0.05, 0) is 36.8 Å². The highest BCUT2D eigenvalue weighted by Crippen LogP contribution is 2.28. The number of pyridine rings is 1. The molecule has 0 aliphatic carbocycles. The normalized spacial score (nSPS) is 12.8. The number of benzene rings is 1. The average Bonchev–Trinajstić information content (AvgIpc) is 2.49. The third kappa shape index (κ3) is 4.36. The molecule has 1 heterocycles. The van der Waals surface area contributed by atoms with Gasteiger partial charge in [-0.3, -0.25) is 9.78 Å². The van der Waals surface area contributed by atoms with E-state index in [0.29, 0.717) is 15.6 Å². The van der Waals surface area contributed by atoms with Crippen LogP contribution in [0, 0.1) is 0 Å². The van der Waals surface area contributed by atoms with Crippen molar-refractivity contribution in [2.24, 2.45) is 0 Å². The van der Waals surface area contributed by atoms with Gasteiger partial charge in [-0.15, -0.1) is 0 Å². The second kappa shape index (κ2) is 6.76. The molecule has 23 heavy (non-hydrogen) atoms. The van der Waals surface area contributed by atoms with Gasteiger partial charge in [-0.25, -0.2) is 0 Å². The number of nitrogens with one attached hydrogen (secondary N) is 1. The third-order valence-corrected chi connectivity index (χ3v) is 3.85. The molecule has 1 unspecified atom stereocenters. The van der Waals surface area contributed by atoms with Crippen LogP contribution in [0.1, 0.15) is 34.6 Å². The van der Waals surface area contributed by atoms with Crippen molar-refractivity contribution in [1.82, 2.24) is 10.3 Å². The molecule has 0 saturated carbocycles. The van der Waals surface area contributed by atoms with E-state index in [2.05, 4.69) is 10.3 Å². The van der Waals surface area contributed by atoms with Crippen LogP contribution in [0.2, 0.25) is 10.0 Å². The first-order valence-electron chi connectivity index (χ1n) is 6.47. The highest BCUT2D eigenvalue weighted by molar-refractivity contribution is 6.42. The van der Waals surface area contributed by atoms with Crippen molar-refractivity contribution in [2.45, 2.75) is 19.1 Å². The van der Waals surface area contributed by atoms with Gasteiger partial charge in [0.25, 0.3) is 5.91 Å². The lowest BCUT2D eigenvalue weighted by atomic mass is 10.1. The van der Waals surface area contributed by atoms with Crippen LogP contribution in [-0.4, -0.2) is 10.9 Å². The second-order valence-electron chi connectivity index (χ2n) is 4.80. The molecule has 0 spiro atoms. The Labute approximate surface area is 140 Å². The molecular weight excluding hydrogens is 352 g/mol. The summed E-state index contributed by atoms with van der Waals surface area (Å²) in [6, 6.07) is 6.34. The minimum atomic E-state index is -4.54. The maximum Gasteiger partial charge on any atom is 0.433 e. The molecule has 2 rings (SSSR count). The van der Waals surface area contributed by atoms with Gasteiger partial charge in [-0.2, -0.15) is 13.2 Å². The molecule has 0 saturated heterocycles. The SMILES string of the molecule is CC(NC(=O)c1ccc(C(F)(F)F)nc1)c1ccc(Cl)c(Cl)c1. The van der Waals surface area contributed by atoms with Gasteiger partial charge in [0.05, 0.1) is 21.7 Å². The average molecular weight is 363 g/mol. The van der Waals surface area contributed by atoms with Gasteiger partial charge < -0.3 is 5.32 Å². The Morgan fingerprint density at radius 3 is 2.39 bits per heavy atom. The van der Waals surface area contributed by atoms with E-state index in [9.17, 15) is 18.0 Å². The molecular formula is C15H11Cl2F3N2O. The summed E-state index contributed by atoms with van der Waals surface area (Å²) in [6.45, 7) is 1.72. The smallest absolute Gasteiger partial charge is 0.345 e. The van der Waals surface area contributed by atoms with Crippen LogP contribution in [-0.2, 0) is 6.18 Å². The predicted molar refractivity (Wildman–Crippen MR) is 81.6 cm³/mol. The Morgan fingerprint density at radius 2 is 1.87 bits per heavy atom. The lowest BCUT2D eigenvalue weighted by Gasteiger charge is -2.15. The molecule has 122 valence electrons. The zero-order valence-electron chi connectivity index (χ0n) is 11.8. The number of carbonyl (C=O) groups is 1. The van der Waals surface area contributed by atoms with Crippen LogP contribution < -0.4 is 5.32 Å². The zero-order valence-corrected chi connectivity index (χ0v) is 13.3. The van der Waals surface area contributed by atoms with Crippen LogP contribution in [0.3, 0.4) is 0 Å². The van der Waals surface area contributed by atoms with Gasteiger partial charge in [0.15, 0.2) is 0 Å². The number of hydrogen-bond acceptors (Lipinski definition) is 2. The number of amides is 1. The molecule has 2 aromatic rings. The molecule has 0 aliphatic heterocycles. The Morgan fingerprint density at radius 1 is 1.17 bits per heavy atom. The molecule has 1 amide bonds. The second-order valence-corrected chi connectivity index (χ2v) is 5.61. The third-order valence-electron chi connectivity index (χ3n) is 3.11. The van der Waals surface area contributed by atoms with Crippen LogP contribution in [0.4, 0.5) is 13.2 Å². The summed E-state index contributed by atoms with van der Waals surface area (Å²) in [5.74, 6) is -0.537. The van der Waals surface area contributed by atoms with E-state index in [-0.39, 0.29) is 5.56 Å². The van der Waals surface area contributed by atoms with E-state index in [1.807, 2.05) is 0 Å². The molecule has 1 N–H and O–H groups in total. The molecule has 0 bridgehead atoms. The van der Waals surface area contributed by atoms with Gasteiger partial charge in [0.1, 0.15) is 5.69 Å². The molecule has 8 heteroatoms. The van der Waals surface area contributed by atoms with E-state index >= 15 is 0 Å². The van der Waals surface area contributed by atoms with Crippen molar-refractivity contribution in [3.05, 3.63) is 63.4 Å². The standard InChI is InChI=1S/C15H11Cl2F3N2O/c1-8(9-2-4-11(16)12(17)6-9)22-14(23)10-3-5-13(21-7-10)15(18,19)20/h2-8H,1H3,(H,22,23). The number of hydrogen-bond donors (Lipinski definition) is 1. The summed E-state index contributed by atoms with van der Waals surface area (Å²) in [5, 5.41) is 3.39. The lowest BCUT2D eigenvalue weighted by molar-refractivity contribution is -0.141. The van der Waals surface area contributed by atoms with E-state index in [1.165, 1.54) is 0 Å². The van der Waals surface area contributed by atoms with Gasteiger partial charge >= 0.3 is 6.18 Å². The van der Waals surface area contributed by atoms with Crippen LogP contribution in [0.15, 0.2) is 36.5 Å². The maximum absolute atomic E-state index is 12.4. The summed E-state index contributed by atoms with van der Waals surface area (Å²) in [5.41, 5.74) is -0.302. The van der Waals surface area contributed by atoms with Crippen molar-refractivity contribution in [1.29, 1.82) is 0 Å². The molecule has 3 nitrogen and oxygen atoms in total. The number of halogens is 5. The number of aromatic nitrogens is 1. The highest BCUT2D eigenvalue weighted by Gasteiger charge is 2.32. The lowest BCUT2D eigenvalue weighted by Crippen LogP contribution is -2.27. The summed E-state index contributed by atoms with van der Waals surface area (Å²) >= 11 is 11.7. The number of carbonyl (C=O) groups excluding carboxylic acids is 1. The molecule has 0 radical (unpaired) electrons. The quantitative estimate of drug-likeness (QED) is 0.843. The first-order valence-corrected chi connectivity index (χ1v) is 7.23. The fraction of sp³-hybridized carbons (Fsp3) is 0.200. The van der Waals surface area contributed by atoms with Crippen LogP contribution in [0.5, 0.6) is 0 Å². The minimum absolute atomic E-state index is 0.0323. The van der Waals surface area contributed by atoms with Crippen molar-refractivity contribution in [2.75, 3.05) is 0 Å². The summed E-state index contributed by atoms with van der Waals surface area (Å²) in [4.78, 5) is 15.3. The molecule has 0 aliphatic rings. The minimum Gasteiger partial charge on any atom is -0.345 e. The largest absolute Gasteiger partial charge is 0.433 e. The van der Waals surface area contributed by atoms with Gasteiger partial charge in [-0.1, -0.05) is 29.3 Å². The Hall–Kier alpha value is -1.79. The Kier molecular flexibility index (Phi) is 5.16. The fourth-order valence-electron chi connectivity index (χ4n) is 1.84. The molecule has 1 atom stereocenters. The molecule has 0 fully saturated rings. The van der Waals surface area contributed by atoms with Gasteiger partial charge in [0.2, 0.25) is 0 Å². The monoisotopic (exact) mass is 362 g/mol. The highest BCUT2D eigenvalue weighted by atomic mass is 35.5. The summed E-state index contributed by atoms with van der Waals surface area (Å²) in [6.07, 6.45) is -3.65. The van der Waals surface area contributed by atoms with Crippen LogP contribution in [0.25, 0.3) is 0 Å². The van der Waals surface area contributed by atoms with E-state index in [0.717, 1.165) is 18.3 Å². The van der Waals surface area contributed by atoms with E-state index in [1.54, 1.807) is 25.1 Å². The maximum atomic E-state index is 12.4. The van der Waals surface area contributed by atoms with Crippen molar-refractivity contribution >= 4 is 29.1 Å². The van der Waals surface area contributed by atoms with Crippen molar-refractivity contribution < 1.29 is 18.0 Å². The first kappa shape index (κ1) is 17.6. The Balaban J connectivity index is 2.10. The first-order chi connectivity index (χ1) is 10.7. The number of alkyl halides is 3. The summed E-state index contributed by atoms with van der Waals surface area (Å²) < 4.78 is 37.3. The Bertz CT molecular complexity index is 718. The van der Waals surface area contributed by atoms with Crippen molar-refractivity contribution in [3.63, 3.8) is 0 Å².